The number of rotatable bonds is 63. The van der Waals surface area contributed by atoms with Gasteiger partial charge in [-0.05, 0) is 70.6 Å². The van der Waals surface area contributed by atoms with Crippen LogP contribution >= 0.6 is 7.82 Å². The summed E-state index contributed by atoms with van der Waals surface area (Å²) in [5.74, 6) is -0.176. The third kappa shape index (κ3) is 65.1. The Hall–Kier alpha value is -2.32. The fourth-order valence-corrected chi connectivity index (χ4v) is 10.8. The zero-order valence-corrected chi connectivity index (χ0v) is 54.9. The summed E-state index contributed by atoms with van der Waals surface area (Å²) < 4.78 is 23.8. The molecule has 0 aromatic heterocycles. The predicted octanol–water partition coefficient (Wildman–Crippen LogP) is 21.9. The van der Waals surface area contributed by atoms with Crippen molar-refractivity contribution in [2.45, 2.75) is 328 Å². The number of nitrogens with zero attached hydrogens (tertiary/aromatic N) is 1. The smallest absolute Gasteiger partial charge is 0.387 e. The summed E-state index contributed by atoms with van der Waals surface area (Å²) in [4.78, 5) is 23.4. The molecule has 3 atom stereocenters. The normalized spacial score (nSPS) is 14.2. The number of aliphatic hydroxyl groups is 1. The average Bonchev–Trinajstić information content (AvgIpc) is 3.43. The van der Waals surface area contributed by atoms with Gasteiger partial charge in [-0.1, -0.05) is 324 Å². The Labute approximate surface area is 503 Å². The average molecular weight is 1150 g/mol. The van der Waals surface area contributed by atoms with Gasteiger partial charge < -0.3 is 19.8 Å². The summed E-state index contributed by atoms with van der Waals surface area (Å²) in [5, 5.41) is 14.0. The van der Waals surface area contributed by atoms with Crippen LogP contribution in [0.2, 0.25) is 0 Å². The van der Waals surface area contributed by atoms with Crippen molar-refractivity contribution in [3.8, 4) is 0 Å². The Kier molecular flexibility index (Phi) is 60.4. The lowest BCUT2D eigenvalue weighted by Gasteiger charge is -2.25. The van der Waals surface area contributed by atoms with Crippen LogP contribution in [0.25, 0.3) is 0 Å². The molecule has 8 nitrogen and oxygen atoms in total. The SMILES string of the molecule is CC/C=C\C/C=C\C/C=C\C/C=C\C/C=C\C/C=C\CCCCCCCCCCCCCCCCC(=O)NC(COP(=O)(O)OCC[N+](C)(C)C)C(O)/C=C/CCCCCCCCCCCCCCCCCCCCCCCCCC. The van der Waals surface area contributed by atoms with Gasteiger partial charge in [0.2, 0.25) is 5.91 Å². The van der Waals surface area contributed by atoms with E-state index in [1.807, 2.05) is 27.2 Å². The molecule has 0 aromatic rings. The van der Waals surface area contributed by atoms with Crippen molar-refractivity contribution in [2.75, 3.05) is 40.9 Å². The lowest BCUT2D eigenvalue weighted by Crippen LogP contribution is -2.45. The molecule has 9 heteroatoms. The van der Waals surface area contributed by atoms with Crippen LogP contribution in [0.15, 0.2) is 85.1 Å². The first-order chi connectivity index (χ1) is 39.5. The molecule has 0 aliphatic heterocycles. The van der Waals surface area contributed by atoms with E-state index in [4.69, 9.17) is 9.05 Å². The highest BCUT2D eigenvalue weighted by atomic mass is 31.2. The van der Waals surface area contributed by atoms with Crippen LogP contribution in [0.5, 0.6) is 0 Å². The third-order valence-corrected chi connectivity index (χ3v) is 16.4. The Bertz CT molecular complexity index is 1600. The van der Waals surface area contributed by atoms with Crippen LogP contribution in [0, 0.1) is 0 Å². The first-order valence-electron chi connectivity index (χ1n) is 34.5. The number of phosphoric acid groups is 1. The summed E-state index contributed by atoms with van der Waals surface area (Å²) in [6.07, 6.45) is 88.6. The predicted molar refractivity (Wildman–Crippen MR) is 355 cm³/mol. The number of aliphatic hydroxyl groups excluding tert-OH is 1. The minimum Gasteiger partial charge on any atom is -0.387 e. The minimum absolute atomic E-state index is 0.0596. The summed E-state index contributed by atoms with van der Waals surface area (Å²) >= 11 is 0. The van der Waals surface area contributed by atoms with Crippen LogP contribution in [0.4, 0.5) is 0 Å². The second-order valence-corrected chi connectivity index (χ2v) is 26.0. The molecule has 1 amide bonds. The number of carbonyl (C=O) groups excluding carboxylic acids is 1. The maximum absolute atomic E-state index is 13.1. The van der Waals surface area contributed by atoms with Crippen LogP contribution in [-0.2, 0) is 18.4 Å². The highest BCUT2D eigenvalue weighted by Crippen LogP contribution is 2.43. The van der Waals surface area contributed by atoms with Crippen molar-refractivity contribution >= 4 is 13.7 Å². The number of amides is 1. The van der Waals surface area contributed by atoms with Gasteiger partial charge >= 0.3 is 7.82 Å². The van der Waals surface area contributed by atoms with Crippen molar-refractivity contribution < 1.29 is 32.9 Å². The number of allylic oxidation sites excluding steroid dienone is 13. The van der Waals surface area contributed by atoms with Crippen molar-refractivity contribution in [2.24, 2.45) is 0 Å². The maximum atomic E-state index is 13.1. The molecule has 0 rings (SSSR count). The number of carbonyl (C=O) groups is 1. The topological polar surface area (TPSA) is 105 Å². The zero-order valence-electron chi connectivity index (χ0n) is 54.0. The lowest BCUT2D eigenvalue weighted by atomic mass is 10.0. The van der Waals surface area contributed by atoms with Crippen molar-refractivity contribution in [1.82, 2.24) is 5.32 Å². The van der Waals surface area contributed by atoms with Gasteiger partial charge in [0.05, 0.1) is 39.9 Å². The van der Waals surface area contributed by atoms with Gasteiger partial charge in [0, 0.05) is 6.42 Å². The molecule has 0 heterocycles. The molecule has 0 bridgehead atoms. The second kappa shape index (κ2) is 62.2. The van der Waals surface area contributed by atoms with Crippen molar-refractivity contribution in [3.63, 3.8) is 0 Å². The van der Waals surface area contributed by atoms with Gasteiger partial charge in [0.1, 0.15) is 13.2 Å². The van der Waals surface area contributed by atoms with Crippen LogP contribution in [-0.4, -0.2) is 73.4 Å². The van der Waals surface area contributed by atoms with E-state index in [-0.39, 0.29) is 19.1 Å². The van der Waals surface area contributed by atoms with Crippen LogP contribution in [0.3, 0.4) is 0 Å². The fourth-order valence-electron chi connectivity index (χ4n) is 10.0. The molecule has 472 valence electrons. The maximum Gasteiger partial charge on any atom is 0.472 e. The van der Waals surface area contributed by atoms with E-state index >= 15 is 0 Å². The van der Waals surface area contributed by atoms with Crippen LogP contribution in [0.1, 0.15) is 316 Å². The van der Waals surface area contributed by atoms with E-state index in [0.29, 0.717) is 17.4 Å². The van der Waals surface area contributed by atoms with Gasteiger partial charge in [-0.15, -0.1) is 0 Å². The number of hydrogen-bond acceptors (Lipinski definition) is 5. The monoisotopic (exact) mass is 1150 g/mol. The van der Waals surface area contributed by atoms with E-state index in [1.54, 1.807) is 6.08 Å². The second-order valence-electron chi connectivity index (χ2n) is 24.5. The molecule has 0 aromatic carbocycles. The van der Waals surface area contributed by atoms with E-state index in [9.17, 15) is 19.4 Å². The zero-order chi connectivity index (χ0) is 59.1. The summed E-state index contributed by atoms with van der Waals surface area (Å²) in [6, 6.07) is -0.852. The molecule has 0 radical (unpaired) electrons. The first-order valence-corrected chi connectivity index (χ1v) is 36.0. The standard InChI is InChI=1S/C72H133N2O6P/c1-6-8-10-12-14-16-18-20-22-24-26-28-30-32-34-35-36-37-38-39-40-42-44-46-48-50-52-54-56-58-60-62-64-66-72(76)73-70(69-80-81(77,78)79-68-67-74(3,4)5)71(75)65-63-61-59-57-55-53-51-49-47-45-43-41-33-31-29-27-25-23-21-19-17-15-13-11-9-7-2/h8,10,14,16,20,22,26,28,32,34,36-37,63,65,70-71,75H,6-7,9,11-13,15,17-19,21,23-25,27,29-31,33,35,38-62,64,66-69H2,1-5H3,(H-,73,76,77,78)/p+1/b10-8-,16-14-,22-20-,28-26-,34-32-,37-36-,65-63+. The molecular weight excluding hydrogens is 1020 g/mol. The van der Waals surface area contributed by atoms with Gasteiger partial charge in [0.15, 0.2) is 0 Å². The molecule has 0 spiro atoms. The van der Waals surface area contributed by atoms with Crippen LogP contribution < -0.4 is 5.32 Å². The third-order valence-electron chi connectivity index (χ3n) is 15.4. The Morgan fingerprint density at radius 1 is 0.432 bits per heavy atom. The molecule has 0 fully saturated rings. The van der Waals surface area contributed by atoms with Crippen molar-refractivity contribution in [3.05, 3.63) is 85.1 Å². The van der Waals surface area contributed by atoms with Crippen molar-refractivity contribution in [1.29, 1.82) is 0 Å². The van der Waals surface area contributed by atoms with Gasteiger partial charge in [-0.25, -0.2) is 4.57 Å². The number of quaternary nitrogens is 1. The molecule has 81 heavy (non-hydrogen) atoms. The Morgan fingerprint density at radius 2 is 0.741 bits per heavy atom. The summed E-state index contributed by atoms with van der Waals surface area (Å²) in [5.41, 5.74) is 0. The number of phosphoric ester groups is 1. The van der Waals surface area contributed by atoms with Gasteiger partial charge in [0.25, 0.3) is 0 Å². The molecule has 0 saturated heterocycles. The molecule has 3 unspecified atom stereocenters. The summed E-state index contributed by atoms with van der Waals surface area (Å²) in [7, 11) is 1.58. The number of unbranched alkanes of at least 4 members (excludes halogenated alkanes) is 38. The highest BCUT2D eigenvalue weighted by Gasteiger charge is 2.28. The molecule has 3 N–H and O–H groups in total. The number of nitrogens with one attached hydrogen (secondary N) is 1. The highest BCUT2D eigenvalue weighted by molar-refractivity contribution is 7.47. The summed E-state index contributed by atoms with van der Waals surface area (Å²) in [6.45, 7) is 4.74. The van der Waals surface area contributed by atoms with E-state index in [1.165, 1.54) is 218 Å². The van der Waals surface area contributed by atoms with Gasteiger partial charge in [-0.3, -0.25) is 13.8 Å². The Morgan fingerprint density at radius 3 is 1.09 bits per heavy atom. The minimum atomic E-state index is -4.36. The van der Waals surface area contributed by atoms with E-state index < -0.39 is 20.0 Å². The van der Waals surface area contributed by atoms with E-state index in [0.717, 1.165) is 77.0 Å². The molecule has 0 aliphatic carbocycles. The largest absolute Gasteiger partial charge is 0.472 e. The fraction of sp³-hybridized carbons (Fsp3) is 0.792. The lowest BCUT2D eigenvalue weighted by molar-refractivity contribution is -0.870. The molecular formula is C72H134N2O6P+. The number of hydrogen-bond donors (Lipinski definition) is 3. The first kappa shape index (κ1) is 78.7. The molecule has 0 aliphatic rings. The number of likely N-dealkylation sites (N-methyl/N-ethyl adjacent to an activating group) is 1. The van der Waals surface area contributed by atoms with Gasteiger partial charge in [-0.2, -0.15) is 0 Å². The molecule has 0 saturated carbocycles. The Balaban J connectivity index is 4.09. The van der Waals surface area contributed by atoms with E-state index in [2.05, 4.69) is 92.1 Å². The quantitative estimate of drug-likeness (QED) is 0.0243.